The van der Waals surface area contributed by atoms with E-state index in [2.05, 4.69) is 17.3 Å². The molecule has 3 aromatic rings. The molecule has 0 radical (unpaired) electrons. The number of hydrogen-bond donors (Lipinski definition) is 1. The maximum Gasteiger partial charge on any atom is 0.331 e. The highest BCUT2D eigenvalue weighted by Gasteiger charge is 2.26. The molecular weight excluding hydrogens is 464 g/mol. The molecular formula is C27H31F2N5O2. The third-order valence-corrected chi connectivity index (χ3v) is 7.52. The van der Waals surface area contributed by atoms with Gasteiger partial charge in [-0.3, -0.25) is 13.9 Å². The van der Waals surface area contributed by atoms with Gasteiger partial charge in [0.05, 0.1) is 5.52 Å². The predicted octanol–water partition coefficient (Wildman–Crippen LogP) is 4.30. The topological polar surface area (TPSA) is 64.2 Å². The van der Waals surface area contributed by atoms with Crippen LogP contribution in [0.15, 0.2) is 63.6 Å². The summed E-state index contributed by atoms with van der Waals surface area (Å²) in [5.74, 6) is 0.00315. The summed E-state index contributed by atoms with van der Waals surface area (Å²) < 4.78 is 32.1. The van der Waals surface area contributed by atoms with Crippen molar-refractivity contribution in [2.45, 2.75) is 45.3 Å². The third-order valence-electron chi connectivity index (χ3n) is 7.52. The fourth-order valence-electron chi connectivity index (χ4n) is 5.28. The van der Waals surface area contributed by atoms with Gasteiger partial charge in [-0.2, -0.15) is 0 Å². The van der Waals surface area contributed by atoms with E-state index < -0.39 is 5.56 Å². The molecule has 36 heavy (non-hydrogen) atoms. The fourth-order valence-corrected chi connectivity index (χ4v) is 5.28. The summed E-state index contributed by atoms with van der Waals surface area (Å²) in [7, 11) is 3.55. The first-order valence-corrected chi connectivity index (χ1v) is 12.3. The highest BCUT2D eigenvalue weighted by molar-refractivity contribution is 5.92. The largest absolute Gasteiger partial charge is 0.341 e. The van der Waals surface area contributed by atoms with Crippen molar-refractivity contribution in [1.82, 2.24) is 18.6 Å². The molecule has 7 nitrogen and oxygen atoms in total. The number of allylic oxidation sites excluding steroid dienone is 4. The highest BCUT2D eigenvalue weighted by atomic mass is 19.1. The molecule has 2 unspecified atom stereocenters. The van der Waals surface area contributed by atoms with Crippen LogP contribution in [0.5, 0.6) is 0 Å². The van der Waals surface area contributed by atoms with Crippen molar-refractivity contribution >= 4 is 22.4 Å². The van der Waals surface area contributed by atoms with E-state index in [-0.39, 0.29) is 29.3 Å². The summed E-state index contributed by atoms with van der Waals surface area (Å²) in [6.07, 6.45) is 7.48. The van der Waals surface area contributed by atoms with Gasteiger partial charge >= 0.3 is 5.69 Å². The lowest BCUT2D eigenvalue weighted by Gasteiger charge is -2.21. The summed E-state index contributed by atoms with van der Waals surface area (Å²) in [5, 5.41) is 3.69. The molecule has 0 bridgehead atoms. The molecule has 3 heterocycles. The number of nitrogens with zero attached hydrogens (tertiary/aromatic N) is 4. The van der Waals surface area contributed by atoms with E-state index in [1.165, 1.54) is 25.3 Å². The quantitative estimate of drug-likeness (QED) is 0.554. The zero-order chi connectivity index (χ0) is 25.6. The first-order chi connectivity index (χ1) is 17.2. The van der Waals surface area contributed by atoms with Crippen LogP contribution in [0.1, 0.15) is 26.2 Å². The van der Waals surface area contributed by atoms with Crippen molar-refractivity contribution in [2.24, 2.45) is 13.0 Å². The second kappa shape index (κ2) is 9.54. The maximum absolute atomic E-state index is 13.8. The number of nitrogens with one attached hydrogen (secondary N) is 1. The molecule has 0 spiro atoms. The van der Waals surface area contributed by atoms with Crippen LogP contribution in [0.4, 0.5) is 20.3 Å². The maximum atomic E-state index is 13.8. The number of halogens is 2. The number of fused-ring (bicyclic) bond motifs is 1. The van der Waals surface area contributed by atoms with Crippen molar-refractivity contribution in [1.29, 1.82) is 0 Å². The molecule has 2 atom stereocenters. The first-order valence-electron chi connectivity index (χ1n) is 12.3. The van der Waals surface area contributed by atoms with E-state index in [0.717, 1.165) is 29.5 Å². The Bertz CT molecular complexity index is 1480. The molecule has 5 rings (SSSR count). The lowest BCUT2D eigenvalue weighted by atomic mass is 9.92. The molecule has 9 heteroatoms. The molecule has 0 saturated carbocycles. The standard InChI is InChI=1S/C27H31F2N5O2/c1-17-13-20(29)7-6-18(17)14-33-16-23-24(25(33)30-21-10-8-19(28)9-11-21)26(35)32(3)27(36)34(23)15-22-5-4-12-31(22)2/h6-11,16-17,22,30H,4-5,12-15H2,1-3H3. The molecule has 1 aliphatic heterocycles. The summed E-state index contributed by atoms with van der Waals surface area (Å²) in [6.45, 7) is 3.85. The minimum absolute atomic E-state index is 0.00338. The number of rotatable bonds is 6. The van der Waals surface area contributed by atoms with Gasteiger partial charge in [0.2, 0.25) is 0 Å². The van der Waals surface area contributed by atoms with Crippen LogP contribution in [0, 0.1) is 11.7 Å². The second-order valence-electron chi connectivity index (χ2n) is 9.99. The van der Waals surface area contributed by atoms with E-state index in [4.69, 9.17) is 0 Å². The molecule has 1 aliphatic carbocycles. The molecule has 2 aromatic heterocycles. The van der Waals surface area contributed by atoms with E-state index in [9.17, 15) is 18.4 Å². The Kier molecular flexibility index (Phi) is 6.42. The molecule has 0 amide bonds. The minimum Gasteiger partial charge on any atom is -0.341 e. The number of benzene rings is 1. The van der Waals surface area contributed by atoms with E-state index in [1.807, 2.05) is 17.7 Å². The van der Waals surface area contributed by atoms with Gasteiger partial charge in [0.1, 0.15) is 22.8 Å². The summed E-state index contributed by atoms with van der Waals surface area (Å²) in [5.41, 5.74) is 1.43. The van der Waals surface area contributed by atoms with Crippen molar-refractivity contribution in [3.63, 3.8) is 0 Å². The van der Waals surface area contributed by atoms with Gasteiger partial charge in [-0.05, 0) is 68.3 Å². The summed E-state index contributed by atoms with van der Waals surface area (Å²) in [4.78, 5) is 28.9. The highest BCUT2D eigenvalue weighted by Crippen LogP contribution is 2.32. The molecule has 1 fully saturated rings. The first kappa shape index (κ1) is 24.2. The number of hydrogen-bond acceptors (Lipinski definition) is 4. The van der Waals surface area contributed by atoms with Crippen LogP contribution in [0.3, 0.4) is 0 Å². The average Bonchev–Trinajstić information content (AvgIpc) is 3.41. The Morgan fingerprint density at radius 2 is 1.83 bits per heavy atom. The Hall–Kier alpha value is -3.46. The van der Waals surface area contributed by atoms with Crippen molar-refractivity contribution in [3.8, 4) is 0 Å². The monoisotopic (exact) mass is 495 g/mol. The van der Waals surface area contributed by atoms with Crippen LogP contribution < -0.4 is 16.6 Å². The van der Waals surface area contributed by atoms with Crippen LogP contribution in [0.2, 0.25) is 0 Å². The van der Waals surface area contributed by atoms with Crippen LogP contribution in [-0.2, 0) is 20.1 Å². The lowest BCUT2D eigenvalue weighted by Crippen LogP contribution is -2.41. The number of aromatic nitrogens is 3. The second-order valence-corrected chi connectivity index (χ2v) is 9.99. The van der Waals surface area contributed by atoms with Crippen molar-refractivity contribution in [2.75, 3.05) is 18.9 Å². The predicted molar refractivity (Wildman–Crippen MR) is 138 cm³/mol. The van der Waals surface area contributed by atoms with Crippen LogP contribution in [0.25, 0.3) is 10.9 Å². The lowest BCUT2D eigenvalue weighted by molar-refractivity contribution is 0.280. The number of likely N-dealkylation sites (N-methyl/N-ethyl adjacent to an activating group) is 1. The van der Waals surface area contributed by atoms with Crippen molar-refractivity contribution in [3.05, 3.63) is 80.7 Å². The average molecular weight is 496 g/mol. The summed E-state index contributed by atoms with van der Waals surface area (Å²) >= 11 is 0. The molecule has 1 saturated heterocycles. The van der Waals surface area contributed by atoms with Crippen LogP contribution >= 0.6 is 0 Å². The molecule has 1 aromatic carbocycles. The number of anilines is 2. The van der Waals surface area contributed by atoms with Gasteiger partial charge in [0.25, 0.3) is 5.56 Å². The zero-order valence-corrected chi connectivity index (χ0v) is 20.8. The fraction of sp³-hybridized carbons (Fsp3) is 0.407. The van der Waals surface area contributed by atoms with E-state index in [0.29, 0.717) is 41.9 Å². The van der Waals surface area contributed by atoms with Gasteiger partial charge in [0, 0.05) is 44.5 Å². The van der Waals surface area contributed by atoms with Crippen molar-refractivity contribution < 1.29 is 8.78 Å². The third kappa shape index (κ3) is 4.43. The van der Waals surface area contributed by atoms with Crippen LogP contribution in [-0.4, -0.2) is 38.2 Å². The number of likely N-dealkylation sites (tertiary alicyclic amines) is 1. The Labute approximate surface area is 207 Å². The van der Waals surface area contributed by atoms with Gasteiger partial charge < -0.3 is 14.8 Å². The van der Waals surface area contributed by atoms with Gasteiger partial charge in [0.15, 0.2) is 0 Å². The minimum atomic E-state index is -0.397. The SMILES string of the molecule is CC1CC(F)=CC=C1Cn1cc2c(c1Nc1ccc(F)cc1)c(=O)n(C)c(=O)n2CC1CCCN1C. The van der Waals surface area contributed by atoms with Gasteiger partial charge in [-0.1, -0.05) is 13.0 Å². The molecule has 1 N–H and O–H groups in total. The van der Waals surface area contributed by atoms with E-state index in [1.54, 1.807) is 22.8 Å². The Morgan fingerprint density at radius 3 is 2.50 bits per heavy atom. The Balaban J connectivity index is 1.69. The Morgan fingerprint density at radius 1 is 1.08 bits per heavy atom. The van der Waals surface area contributed by atoms with Gasteiger partial charge in [-0.15, -0.1) is 0 Å². The van der Waals surface area contributed by atoms with E-state index >= 15 is 0 Å². The smallest absolute Gasteiger partial charge is 0.331 e. The molecule has 2 aliphatic rings. The van der Waals surface area contributed by atoms with Gasteiger partial charge in [-0.25, -0.2) is 13.6 Å². The zero-order valence-electron chi connectivity index (χ0n) is 20.8. The molecule has 190 valence electrons. The summed E-state index contributed by atoms with van der Waals surface area (Å²) in [6, 6.07) is 6.11. The normalized spacial score (nSPS) is 20.6.